The van der Waals surface area contributed by atoms with Crippen LogP contribution in [0, 0.1) is 11.6 Å². The zero-order valence-corrected chi connectivity index (χ0v) is 17.3. The summed E-state index contributed by atoms with van der Waals surface area (Å²) in [5.41, 5.74) is 0.434. The fourth-order valence-corrected chi connectivity index (χ4v) is 5.32. The maximum absolute atomic E-state index is 13.6. The number of pyridine rings is 1. The Balaban J connectivity index is 1.83. The van der Waals surface area contributed by atoms with E-state index in [0.717, 1.165) is 37.8 Å². The maximum Gasteiger partial charge on any atom is 0.336 e. The van der Waals surface area contributed by atoms with Gasteiger partial charge in [0, 0.05) is 24.0 Å². The van der Waals surface area contributed by atoms with Crippen LogP contribution in [0.4, 0.5) is 8.78 Å². The monoisotopic (exact) mass is 446 g/mol. The number of fused-ring (bicyclic) bond motifs is 1. The van der Waals surface area contributed by atoms with E-state index in [0.29, 0.717) is 13.1 Å². The van der Waals surface area contributed by atoms with Gasteiger partial charge in [-0.1, -0.05) is 12.8 Å². The summed E-state index contributed by atoms with van der Waals surface area (Å²) in [7, 11) is -3.77. The van der Waals surface area contributed by atoms with Gasteiger partial charge < -0.3 is 5.11 Å². The normalized spacial score (nSPS) is 15.7. The molecule has 1 aromatic heterocycles. The summed E-state index contributed by atoms with van der Waals surface area (Å²) in [6.45, 7) is 0.860. The largest absolute Gasteiger partial charge is 0.478 e. The maximum atomic E-state index is 13.6. The number of sulfonamides is 1. The number of hydrogen-bond donors (Lipinski definition) is 1. The Morgan fingerprint density at radius 3 is 2.29 bits per heavy atom. The molecule has 1 aliphatic rings. The summed E-state index contributed by atoms with van der Waals surface area (Å²) in [5.74, 6) is -3.37. The van der Waals surface area contributed by atoms with Gasteiger partial charge in [-0.2, -0.15) is 4.31 Å². The van der Waals surface area contributed by atoms with E-state index in [4.69, 9.17) is 0 Å². The van der Waals surface area contributed by atoms with Gasteiger partial charge in [0.25, 0.3) is 0 Å². The predicted molar refractivity (Wildman–Crippen MR) is 111 cm³/mol. The van der Waals surface area contributed by atoms with Crippen molar-refractivity contribution in [2.45, 2.75) is 30.6 Å². The van der Waals surface area contributed by atoms with Gasteiger partial charge in [-0.25, -0.2) is 27.0 Å². The Kier molecular flexibility index (Phi) is 5.72. The van der Waals surface area contributed by atoms with Crippen molar-refractivity contribution in [3.63, 3.8) is 0 Å². The molecule has 1 fully saturated rings. The second-order valence-corrected chi connectivity index (χ2v) is 9.42. The van der Waals surface area contributed by atoms with Crippen LogP contribution in [-0.4, -0.2) is 41.9 Å². The molecule has 1 aliphatic heterocycles. The van der Waals surface area contributed by atoms with Crippen molar-refractivity contribution in [3.8, 4) is 11.3 Å². The van der Waals surface area contributed by atoms with Crippen LogP contribution < -0.4 is 0 Å². The van der Waals surface area contributed by atoms with Crippen molar-refractivity contribution in [1.82, 2.24) is 9.29 Å². The van der Waals surface area contributed by atoms with E-state index in [1.807, 2.05) is 0 Å². The molecule has 31 heavy (non-hydrogen) atoms. The molecule has 9 heteroatoms. The minimum Gasteiger partial charge on any atom is -0.478 e. The molecule has 0 saturated carbocycles. The summed E-state index contributed by atoms with van der Waals surface area (Å²) >= 11 is 0. The lowest BCUT2D eigenvalue weighted by molar-refractivity contribution is 0.0699. The Morgan fingerprint density at radius 1 is 0.935 bits per heavy atom. The molecule has 6 nitrogen and oxygen atoms in total. The fraction of sp³-hybridized carbons (Fsp3) is 0.273. The molecule has 2 aromatic carbocycles. The van der Waals surface area contributed by atoms with Crippen molar-refractivity contribution < 1.29 is 27.1 Å². The lowest BCUT2D eigenvalue weighted by Gasteiger charge is -2.20. The first-order chi connectivity index (χ1) is 14.8. The minimum absolute atomic E-state index is 0.00627. The van der Waals surface area contributed by atoms with Crippen LogP contribution in [0.15, 0.2) is 47.4 Å². The molecule has 1 saturated heterocycles. The number of halogens is 2. The number of aromatic nitrogens is 1. The van der Waals surface area contributed by atoms with Crippen LogP contribution in [0.2, 0.25) is 0 Å². The highest BCUT2D eigenvalue weighted by atomic mass is 32.2. The first-order valence-electron chi connectivity index (χ1n) is 9.91. The third-order valence-corrected chi connectivity index (χ3v) is 7.32. The van der Waals surface area contributed by atoms with E-state index < -0.39 is 27.6 Å². The molecule has 2 heterocycles. The highest BCUT2D eigenvalue weighted by Crippen LogP contribution is 2.29. The summed E-state index contributed by atoms with van der Waals surface area (Å²) in [6.07, 6.45) is 3.52. The summed E-state index contributed by atoms with van der Waals surface area (Å²) in [4.78, 5) is 16.3. The van der Waals surface area contributed by atoms with Crippen molar-refractivity contribution in [2.75, 3.05) is 13.1 Å². The average molecular weight is 446 g/mol. The molecule has 3 aromatic rings. The van der Waals surface area contributed by atoms with Gasteiger partial charge >= 0.3 is 5.97 Å². The molecular weight excluding hydrogens is 426 g/mol. The van der Waals surface area contributed by atoms with Gasteiger partial charge in [-0.3, -0.25) is 0 Å². The summed E-state index contributed by atoms with van der Waals surface area (Å²) in [5, 5.41) is 9.87. The molecule has 0 atom stereocenters. The second-order valence-electron chi connectivity index (χ2n) is 7.49. The lowest BCUT2D eigenvalue weighted by Crippen LogP contribution is -2.31. The number of carboxylic acid groups (broad SMARTS) is 1. The van der Waals surface area contributed by atoms with E-state index in [-0.39, 0.29) is 32.6 Å². The molecular formula is C22H20F2N2O4S. The molecule has 4 rings (SSSR count). The number of nitrogens with zero attached hydrogens (tertiary/aromatic N) is 2. The molecule has 0 spiro atoms. The van der Waals surface area contributed by atoms with Crippen LogP contribution in [0.1, 0.15) is 36.0 Å². The third kappa shape index (κ3) is 4.15. The first kappa shape index (κ1) is 21.3. The number of hydrogen-bond acceptors (Lipinski definition) is 4. The molecule has 0 bridgehead atoms. The standard InChI is InChI=1S/C22H20F2N2O4S/c23-18-7-5-14(11-19(18)24)21-13-17(22(27)28)16-12-15(6-8-20(16)25-21)31(29,30)26-9-3-1-2-4-10-26/h5-8,11-13H,1-4,9-10H2,(H,27,28). The molecule has 162 valence electrons. The molecule has 0 radical (unpaired) electrons. The fourth-order valence-electron chi connectivity index (χ4n) is 3.78. The van der Waals surface area contributed by atoms with E-state index in [1.165, 1.54) is 34.6 Å². The average Bonchev–Trinajstić information content (AvgIpc) is 3.04. The Hall–Kier alpha value is -2.91. The number of benzene rings is 2. The molecule has 0 unspecified atom stereocenters. The number of carboxylic acids is 1. The molecule has 0 amide bonds. The number of aromatic carboxylic acids is 1. The van der Waals surface area contributed by atoms with Gasteiger partial charge in [-0.15, -0.1) is 0 Å². The highest BCUT2D eigenvalue weighted by Gasteiger charge is 2.26. The quantitative estimate of drug-likeness (QED) is 0.640. The van der Waals surface area contributed by atoms with Crippen LogP contribution in [-0.2, 0) is 10.0 Å². The Bertz CT molecular complexity index is 1270. The van der Waals surface area contributed by atoms with E-state index in [1.54, 1.807) is 0 Å². The molecule has 0 aliphatic carbocycles. The first-order valence-corrected chi connectivity index (χ1v) is 11.3. The molecule has 1 N–H and O–H groups in total. The number of carbonyl (C=O) groups is 1. The van der Waals surface area contributed by atoms with E-state index in [9.17, 15) is 27.1 Å². The topological polar surface area (TPSA) is 87.6 Å². The third-order valence-electron chi connectivity index (χ3n) is 5.43. The smallest absolute Gasteiger partial charge is 0.336 e. The van der Waals surface area contributed by atoms with Crippen molar-refractivity contribution in [1.29, 1.82) is 0 Å². The predicted octanol–water partition coefficient (Wildman–Crippen LogP) is 4.44. The summed E-state index contributed by atoms with van der Waals surface area (Å²) in [6, 6.07) is 8.57. The van der Waals surface area contributed by atoms with E-state index in [2.05, 4.69) is 4.98 Å². The van der Waals surface area contributed by atoms with Crippen molar-refractivity contribution in [3.05, 3.63) is 59.7 Å². The van der Waals surface area contributed by atoms with Crippen LogP contribution >= 0.6 is 0 Å². The highest BCUT2D eigenvalue weighted by molar-refractivity contribution is 7.89. The van der Waals surface area contributed by atoms with Crippen LogP contribution in [0.3, 0.4) is 0 Å². The van der Waals surface area contributed by atoms with Gasteiger partial charge in [0.1, 0.15) is 0 Å². The Morgan fingerprint density at radius 2 is 1.65 bits per heavy atom. The SMILES string of the molecule is O=C(O)c1cc(-c2ccc(F)c(F)c2)nc2ccc(S(=O)(=O)N3CCCCCC3)cc12. The van der Waals surface area contributed by atoms with Gasteiger partial charge in [-0.05, 0) is 55.3 Å². The van der Waals surface area contributed by atoms with E-state index >= 15 is 0 Å². The van der Waals surface area contributed by atoms with Crippen molar-refractivity contribution >= 4 is 26.9 Å². The van der Waals surface area contributed by atoms with Gasteiger partial charge in [0.2, 0.25) is 10.0 Å². The lowest BCUT2D eigenvalue weighted by atomic mass is 10.0. The zero-order chi connectivity index (χ0) is 22.2. The van der Waals surface area contributed by atoms with Gasteiger partial charge in [0.15, 0.2) is 11.6 Å². The Labute approximate surface area is 178 Å². The van der Waals surface area contributed by atoms with Crippen LogP contribution in [0.5, 0.6) is 0 Å². The minimum atomic E-state index is -3.77. The second kappa shape index (κ2) is 8.32. The number of rotatable bonds is 4. The van der Waals surface area contributed by atoms with Crippen LogP contribution in [0.25, 0.3) is 22.2 Å². The van der Waals surface area contributed by atoms with Gasteiger partial charge in [0.05, 0.1) is 21.7 Å². The van der Waals surface area contributed by atoms with Crippen molar-refractivity contribution in [2.24, 2.45) is 0 Å². The summed E-state index contributed by atoms with van der Waals surface area (Å²) < 4.78 is 54.5. The zero-order valence-electron chi connectivity index (χ0n) is 16.5.